The van der Waals surface area contributed by atoms with Gasteiger partial charge in [-0.2, -0.15) is 0 Å². The second-order valence-corrected chi connectivity index (χ2v) is 6.28. The third-order valence-electron chi connectivity index (χ3n) is 5.15. The molecule has 3 rings (SSSR count). The summed E-state index contributed by atoms with van der Waals surface area (Å²) in [6, 6.07) is 10.3. The summed E-state index contributed by atoms with van der Waals surface area (Å²) in [5, 5.41) is 3.57. The number of benzene rings is 1. The Morgan fingerprint density at radius 3 is 2.89 bits per heavy atom. The van der Waals surface area contributed by atoms with E-state index in [0.717, 1.165) is 19.0 Å². The molecular weight excluding hydrogens is 232 g/mol. The van der Waals surface area contributed by atoms with Crippen molar-refractivity contribution in [3.8, 4) is 0 Å². The number of nitrogens with one attached hydrogen (secondary N) is 1. The fourth-order valence-corrected chi connectivity index (χ4v) is 3.79. The van der Waals surface area contributed by atoms with E-state index in [9.17, 15) is 0 Å². The average Bonchev–Trinajstić information content (AvgIpc) is 2.64. The molecule has 1 fully saturated rings. The van der Waals surface area contributed by atoms with Gasteiger partial charge in [0.15, 0.2) is 0 Å². The lowest BCUT2D eigenvalue weighted by Crippen LogP contribution is -2.44. The maximum atomic E-state index is 3.57. The van der Waals surface area contributed by atoms with E-state index in [4.69, 9.17) is 0 Å². The molecule has 1 N–H and O–H groups in total. The minimum Gasteiger partial charge on any atom is -0.313 e. The van der Waals surface area contributed by atoms with Crippen LogP contribution in [0.15, 0.2) is 24.3 Å². The van der Waals surface area contributed by atoms with Crippen molar-refractivity contribution < 1.29 is 0 Å². The van der Waals surface area contributed by atoms with E-state index in [0.29, 0.717) is 12.1 Å². The van der Waals surface area contributed by atoms with Gasteiger partial charge >= 0.3 is 0 Å². The third-order valence-corrected chi connectivity index (χ3v) is 5.15. The Labute approximate surface area is 117 Å². The van der Waals surface area contributed by atoms with Gasteiger partial charge in [-0.1, -0.05) is 31.2 Å². The molecule has 0 aromatic heterocycles. The van der Waals surface area contributed by atoms with Gasteiger partial charge in [0, 0.05) is 18.6 Å². The molecule has 2 heterocycles. The molecule has 0 aliphatic carbocycles. The Balaban J connectivity index is 1.91. The van der Waals surface area contributed by atoms with Gasteiger partial charge in [0.1, 0.15) is 0 Å². The molecule has 2 aliphatic heterocycles. The predicted octanol–water partition coefficient (Wildman–Crippen LogP) is 3.34. The SMILES string of the molecule is CC1CCCN(C2CCNCc3ccccc32)C1C. The predicted molar refractivity (Wildman–Crippen MR) is 80.1 cm³/mol. The molecule has 2 heteroatoms. The second kappa shape index (κ2) is 5.64. The quantitative estimate of drug-likeness (QED) is 0.831. The van der Waals surface area contributed by atoms with E-state index in [1.165, 1.54) is 31.4 Å². The van der Waals surface area contributed by atoms with E-state index < -0.39 is 0 Å². The summed E-state index contributed by atoms with van der Waals surface area (Å²) < 4.78 is 0. The van der Waals surface area contributed by atoms with Crippen molar-refractivity contribution in [3.63, 3.8) is 0 Å². The first-order valence-electron chi connectivity index (χ1n) is 7.81. The summed E-state index contributed by atoms with van der Waals surface area (Å²) >= 11 is 0. The summed E-state index contributed by atoms with van der Waals surface area (Å²) in [6.45, 7) is 8.27. The van der Waals surface area contributed by atoms with Gasteiger partial charge < -0.3 is 5.32 Å². The highest BCUT2D eigenvalue weighted by molar-refractivity contribution is 5.31. The van der Waals surface area contributed by atoms with Crippen LogP contribution in [-0.4, -0.2) is 24.0 Å². The third kappa shape index (κ3) is 2.56. The summed E-state index contributed by atoms with van der Waals surface area (Å²) in [5.74, 6) is 0.831. The number of fused-ring (bicyclic) bond motifs is 1. The van der Waals surface area contributed by atoms with Crippen LogP contribution in [0.5, 0.6) is 0 Å². The van der Waals surface area contributed by atoms with Crippen LogP contribution in [0.3, 0.4) is 0 Å². The first-order chi connectivity index (χ1) is 9.27. The summed E-state index contributed by atoms with van der Waals surface area (Å²) in [5.41, 5.74) is 3.06. The maximum Gasteiger partial charge on any atom is 0.0366 e. The number of nitrogens with zero attached hydrogens (tertiary/aromatic N) is 1. The molecule has 0 amide bonds. The van der Waals surface area contributed by atoms with Gasteiger partial charge in [-0.3, -0.25) is 4.90 Å². The molecule has 0 spiro atoms. The molecule has 104 valence electrons. The summed E-state index contributed by atoms with van der Waals surface area (Å²) in [7, 11) is 0. The second-order valence-electron chi connectivity index (χ2n) is 6.28. The van der Waals surface area contributed by atoms with Crippen LogP contribution in [0.2, 0.25) is 0 Å². The van der Waals surface area contributed by atoms with Crippen molar-refractivity contribution in [2.45, 2.75) is 51.7 Å². The van der Waals surface area contributed by atoms with Crippen LogP contribution in [0.1, 0.15) is 50.3 Å². The molecule has 2 aliphatic rings. The number of hydrogen-bond acceptors (Lipinski definition) is 2. The molecule has 0 bridgehead atoms. The van der Waals surface area contributed by atoms with Gasteiger partial charge in [-0.25, -0.2) is 0 Å². The monoisotopic (exact) mass is 258 g/mol. The normalized spacial score (nSPS) is 32.6. The lowest BCUT2D eigenvalue weighted by Gasteiger charge is -2.43. The van der Waals surface area contributed by atoms with Crippen molar-refractivity contribution in [1.29, 1.82) is 0 Å². The largest absolute Gasteiger partial charge is 0.313 e. The van der Waals surface area contributed by atoms with Crippen LogP contribution in [0, 0.1) is 5.92 Å². The van der Waals surface area contributed by atoms with Gasteiger partial charge in [-0.05, 0) is 56.3 Å². The van der Waals surface area contributed by atoms with E-state index >= 15 is 0 Å². The van der Waals surface area contributed by atoms with Crippen molar-refractivity contribution in [1.82, 2.24) is 10.2 Å². The average molecular weight is 258 g/mol. The molecule has 19 heavy (non-hydrogen) atoms. The first-order valence-corrected chi connectivity index (χ1v) is 7.81. The Kier molecular flexibility index (Phi) is 3.90. The fraction of sp³-hybridized carbons (Fsp3) is 0.647. The maximum absolute atomic E-state index is 3.57. The zero-order valence-electron chi connectivity index (χ0n) is 12.2. The molecule has 0 radical (unpaired) electrons. The molecule has 0 saturated carbocycles. The van der Waals surface area contributed by atoms with E-state index in [-0.39, 0.29) is 0 Å². The van der Waals surface area contributed by atoms with Gasteiger partial charge in [0.2, 0.25) is 0 Å². The Hall–Kier alpha value is -0.860. The Bertz CT molecular complexity index is 429. The molecule has 3 unspecified atom stereocenters. The zero-order valence-corrected chi connectivity index (χ0v) is 12.2. The Morgan fingerprint density at radius 2 is 2.00 bits per heavy atom. The van der Waals surface area contributed by atoms with Gasteiger partial charge in [0.25, 0.3) is 0 Å². The molecule has 1 aromatic rings. The number of hydrogen-bond donors (Lipinski definition) is 1. The summed E-state index contributed by atoms with van der Waals surface area (Å²) in [4.78, 5) is 2.76. The highest BCUT2D eigenvalue weighted by Gasteiger charge is 2.32. The van der Waals surface area contributed by atoms with Crippen LogP contribution in [0.4, 0.5) is 0 Å². The minimum atomic E-state index is 0.615. The van der Waals surface area contributed by atoms with E-state index in [2.05, 4.69) is 48.3 Å². The van der Waals surface area contributed by atoms with Crippen LogP contribution in [-0.2, 0) is 6.54 Å². The van der Waals surface area contributed by atoms with Crippen LogP contribution in [0.25, 0.3) is 0 Å². The summed E-state index contributed by atoms with van der Waals surface area (Å²) in [6.07, 6.45) is 4.00. The van der Waals surface area contributed by atoms with E-state index in [1.54, 1.807) is 5.56 Å². The van der Waals surface area contributed by atoms with Crippen molar-refractivity contribution in [2.24, 2.45) is 5.92 Å². The van der Waals surface area contributed by atoms with Crippen molar-refractivity contribution in [2.75, 3.05) is 13.1 Å². The first kappa shape index (κ1) is 13.1. The number of rotatable bonds is 1. The zero-order chi connectivity index (χ0) is 13.2. The molecule has 2 nitrogen and oxygen atoms in total. The van der Waals surface area contributed by atoms with Gasteiger partial charge in [-0.15, -0.1) is 0 Å². The molecular formula is C17H26N2. The smallest absolute Gasteiger partial charge is 0.0366 e. The van der Waals surface area contributed by atoms with Gasteiger partial charge in [0.05, 0.1) is 0 Å². The van der Waals surface area contributed by atoms with Crippen molar-refractivity contribution in [3.05, 3.63) is 35.4 Å². The molecule has 1 aromatic carbocycles. The lowest BCUT2D eigenvalue weighted by atomic mass is 9.88. The van der Waals surface area contributed by atoms with Crippen LogP contribution < -0.4 is 5.32 Å². The highest BCUT2D eigenvalue weighted by Crippen LogP contribution is 2.35. The highest BCUT2D eigenvalue weighted by atomic mass is 15.2. The van der Waals surface area contributed by atoms with E-state index in [1.807, 2.05) is 0 Å². The molecule has 1 saturated heterocycles. The number of piperidine rings is 1. The number of likely N-dealkylation sites (tertiary alicyclic amines) is 1. The standard InChI is InChI=1S/C17H26N2/c1-13-6-5-11-19(14(13)2)17-9-10-18-12-15-7-3-4-8-16(15)17/h3-4,7-8,13-14,17-18H,5-6,9-12H2,1-2H3. The minimum absolute atomic E-state index is 0.615. The van der Waals surface area contributed by atoms with Crippen molar-refractivity contribution >= 4 is 0 Å². The molecule has 3 atom stereocenters. The fourth-order valence-electron chi connectivity index (χ4n) is 3.79. The topological polar surface area (TPSA) is 15.3 Å². The Morgan fingerprint density at radius 1 is 1.16 bits per heavy atom. The lowest BCUT2D eigenvalue weighted by molar-refractivity contribution is 0.0644. The van der Waals surface area contributed by atoms with Crippen LogP contribution >= 0.6 is 0 Å².